The highest BCUT2D eigenvalue weighted by Gasteiger charge is 2.17. The normalized spacial score (nSPS) is 12.4. The van der Waals surface area contributed by atoms with Gasteiger partial charge in [-0.3, -0.25) is 5.84 Å². The Hall–Kier alpha value is -1.78. The van der Waals surface area contributed by atoms with Crippen LogP contribution in [0.5, 0.6) is 5.75 Å². The van der Waals surface area contributed by atoms with E-state index in [9.17, 15) is 0 Å². The fourth-order valence-corrected chi connectivity index (χ4v) is 1.71. The summed E-state index contributed by atoms with van der Waals surface area (Å²) in [4.78, 5) is 0. The Morgan fingerprint density at radius 1 is 1.31 bits per heavy atom. The second-order valence-electron chi connectivity index (χ2n) is 3.40. The van der Waals surface area contributed by atoms with Crippen molar-refractivity contribution in [2.45, 2.75) is 6.04 Å². The smallest absolute Gasteiger partial charge is 0.124 e. The van der Waals surface area contributed by atoms with Crippen LogP contribution in [0.1, 0.15) is 17.2 Å². The van der Waals surface area contributed by atoms with Crippen LogP contribution in [0.25, 0.3) is 0 Å². The lowest BCUT2D eigenvalue weighted by Gasteiger charge is -2.17. The zero-order chi connectivity index (χ0) is 11.4. The van der Waals surface area contributed by atoms with Gasteiger partial charge >= 0.3 is 0 Å². The maximum absolute atomic E-state index is 5.57. The van der Waals surface area contributed by atoms with E-state index in [1.807, 2.05) is 30.3 Å². The lowest BCUT2D eigenvalue weighted by Crippen LogP contribution is -2.28. The molecule has 1 heterocycles. The molecule has 0 aliphatic rings. The molecule has 1 aromatic carbocycles. The molecule has 0 bridgehead atoms. The third kappa shape index (κ3) is 1.93. The van der Waals surface area contributed by atoms with Crippen molar-refractivity contribution in [3.05, 3.63) is 54.0 Å². The molecule has 2 aromatic rings. The summed E-state index contributed by atoms with van der Waals surface area (Å²) in [6.07, 6.45) is 3.28. The first-order valence-electron chi connectivity index (χ1n) is 4.98. The molecule has 0 saturated heterocycles. The third-order valence-corrected chi connectivity index (χ3v) is 2.49. The van der Waals surface area contributed by atoms with Gasteiger partial charge in [0.05, 0.1) is 25.7 Å². The number of benzene rings is 1. The Balaban J connectivity index is 2.41. The fourth-order valence-electron chi connectivity index (χ4n) is 1.71. The van der Waals surface area contributed by atoms with Gasteiger partial charge in [0.2, 0.25) is 0 Å². The van der Waals surface area contributed by atoms with Gasteiger partial charge in [0.1, 0.15) is 5.75 Å². The fraction of sp³-hybridized carbons (Fsp3) is 0.167. The largest absolute Gasteiger partial charge is 0.496 e. The summed E-state index contributed by atoms with van der Waals surface area (Å²) in [5.74, 6) is 6.37. The molecule has 1 aromatic heterocycles. The summed E-state index contributed by atoms with van der Waals surface area (Å²) >= 11 is 0. The molecule has 0 aliphatic carbocycles. The number of para-hydroxylation sites is 1. The van der Waals surface area contributed by atoms with Crippen LogP contribution in [-0.4, -0.2) is 7.11 Å². The number of furan rings is 1. The molecule has 0 radical (unpaired) electrons. The number of nitrogens with two attached hydrogens (primary N) is 1. The summed E-state index contributed by atoms with van der Waals surface area (Å²) in [7, 11) is 1.64. The van der Waals surface area contributed by atoms with Crippen molar-refractivity contribution in [1.82, 2.24) is 5.43 Å². The predicted molar refractivity (Wildman–Crippen MR) is 60.9 cm³/mol. The maximum Gasteiger partial charge on any atom is 0.124 e. The molecule has 3 N–H and O–H groups in total. The van der Waals surface area contributed by atoms with Gasteiger partial charge in [-0.05, 0) is 12.1 Å². The lowest BCUT2D eigenvalue weighted by molar-refractivity contribution is 0.404. The van der Waals surface area contributed by atoms with Gasteiger partial charge in [-0.25, -0.2) is 5.43 Å². The molecule has 16 heavy (non-hydrogen) atoms. The molecular formula is C12H14N2O2. The van der Waals surface area contributed by atoms with Gasteiger partial charge in [0.15, 0.2) is 0 Å². The second kappa shape index (κ2) is 4.83. The van der Waals surface area contributed by atoms with Crippen LogP contribution in [0.4, 0.5) is 0 Å². The molecule has 0 aliphatic heterocycles. The molecule has 0 fully saturated rings. The van der Waals surface area contributed by atoms with Gasteiger partial charge in [-0.2, -0.15) is 0 Å². The van der Waals surface area contributed by atoms with Crippen LogP contribution in [0.2, 0.25) is 0 Å². The standard InChI is InChI=1S/C12H14N2O2/c1-15-11-5-3-2-4-10(11)12(14-13)9-6-7-16-8-9/h2-8,12,14H,13H2,1H3. The Morgan fingerprint density at radius 3 is 2.75 bits per heavy atom. The van der Waals surface area contributed by atoms with Gasteiger partial charge in [-0.15, -0.1) is 0 Å². The van der Waals surface area contributed by atoms with E-state index >= 15 is 0 Å². The van der Waals surface area contributed by atoms with Crippen molar-refractivity contribution >= 4 is 0 Å². The first-order valence-corrected chi connectivity index (χ1v) is 4.98. The van der Waals surface area contributed by atoms with E-state index in [1.54, 1.807) is 19.6 Å². The minimum absolute atomic E-state index is 0.130. The summed E-state index contributed by atoms with van der Waals surface area (Å²) in [5, 5.41) is 0. The third-order valence-electron chi connectivity index (χ3n) is 2.49. The van der Waals surface area contributed by atoms with Crippen molar-refractivity contribution < 1.29 is 9.15 Å². The molecule has 2 rings (SSSR count). The summed E-state index contributed by atoms with van der Waals surface area (Å²) < 4.78 is 10.4. The highest BCUT2D eigenvalue weighted by atomic mass is 16.5. The van der Waals surface area contributed by atoms with E-state index < -0.39 is 0 Å². The van der Waals surface area contributed by atoms with Gasteiger partial charge in [0.25, 0.3) is 0 Å². The van der Waals surface area contributed by atoms with E-state index in [-0.39, 0.29) is 6.04 Å². The number of nitrogens with one attached hydrogen (secondary N) is 1. The van der Waals surface area contributed by atoms with Gasteiger partial charge in [-0.1, -0.05) is 18.2 Å². The maximum atomic E-state index is 5.57. The number of rotatable bonds is 4. The van der Waals surface area contributed by atoms with E-state index in [4.69, 9.17) is 15.0 Å². The number of hydrogen-bond donors (Lipinski definition) is 2. The lowest BCUT2D eigenvalue weighted by atomic mass is 10.0. The van der Waals surface area contributed by atoms with Crippen molar-refractivity contribution in [1.29, 1.82) is 0 Å². The van der Waals surface area contributed by atoms with E-state index in [0.717, 1.165) is 16.9 Å². The topological polar surface area (TPSA) is 60.4 Å². The molecule has 84 valence electrons. The molecular weight excluding hydrogens is 204 g/mol. The molecule has 0 saturated carbocycles. The second-order valence-corrected chi connectivity index (χ2v) is 3.40. The van der Waals surface area contributed by atoms with Gasteiger partial charge in [0, 0.05) is 11.1 Å². The highest BCUT2D eigenvalue weighted by Crippen LogP contribution is 2.29. The van der Waals surface area contributed by atoms with Crippen LogP contribution in [0.15, 0.2) is 47.3 Å². The minimum atomic E-state index is -0.130. The number of hydrazine groups is 1. The Labute approximate surface area is 94.0 Å². The quantitative estimate of drug-likeness (QED) is 0.607. The van der Waals surface area contributed by atoms with Crippen molar-refractivity contribution in [2.24, 2.45) is 5.84 Å². The first-order chi connectivity index (χ1) is 7.86. The summed E-state index contributed by atoms with van der Waals surface area (Å²) in [5.41, 5.74) is 4.70. The number of ether oxygens (including phenoxy) is 1. The first kappa shape index (κ1) is 10.7. The Bertz CT molecular complexity index is 440. The summed E-state index contributed by atoms with van der Waals surface area (Å²) in [6, 6.07) is 9.48. The van der Waals surface area contributed by atoms with Crippen molar-refractivity contribution in [3.8, 4) is 5.75 Å². The SMILES string of the molecule is COc1ccccc1C(NN)c1ccoc1. The Kier molecular flexibility index (Phi) is 3.24. The molecule has 0 amide bonds. The molecule has 0 spiro atoms. The van der Waals surface area contributed by atoms with Crippen LogP contribution in [0, 0.1) is 0 Å². The molecule has 1 atom stereocenters. The van der Waals surface area contributed by atoms with Crippen LogP contribution in [0.3, 0.4) is 0 Å². The predicted octanol–water partition coefficient (Wildman–Crippen LogP) is 1.84. The van der Waals surface area contributed by atoms with Crippen molar-refractivity contribution in [3.63, 3.8) is 0 Å². The van der Waals surface area contributed by atoms with E-state index in [2.05, 4.69) is 5.43 Å². The van der Waals surface area contributed by atoms with Crippen LogP contribution >= 0.6 is 0 Å². The van der Waals surface area contributed by atoms with Crippen LogP contribution in [-0.2, 0) is 0 Å². The van der Waals surface area contributed by atoms with Crippen LogP contribution < -0.4 is 16.0 Å². The van der Waals surface area contributed by atoms with E-state index in [0.29, 0.717) is 0 Å². The summed E-state index contributed by atoms with van der Waals surface area (Å²) in [6.45, 7) is 0. The monoisotopic (exact) mass is 218 g/mol. The number of methoxy groups -OCH3 is 1. The molecule has 4 nitrogen and oxygen atoms in total. The average Bonchev–Trinajstić information content (AvgIpc) is 2.84. The Morgan fingerprint density at radius 2 is 2.12 bits per heavy atom. The van der Waals surface area contributed by atoms with E-state index in [1.165, 1.54) is 0 Å². The zero-order valence-corrected chi connectivity index (χ0v) is 9.01. The van der Waals surface area contributed by atoms with Gasteiger partial charge < -0.3 is 9.15 Å². The zero-order valence-electron chi connectivity index (χ0n) is 9.01. The average molecular weight is 218 g/mol. The molecule has 4 heteroatoms. The van der Waals surface area contributed by atoms with Crippen molar-refractivity contribution in [2.75, 3.05) is 7.11 Å². The minimum Gasteiger partial charge on any atom is -0.496 e. The highest BCUT2D eigenvalue weighted by molar-refractivity contribution is 5.40. The molecule has 1 unspecified atom stereocenters. The number of hydrogen-bond acceptors (Lipinski definition) is 4.